The first-order valence-corrected chi connectivity index (χ1v) is 16.0. The maximum atomic E-state index is 12.7. The van der Waals surface area contributed by atoms with Gasteiger partial charge in [-0.05, 0) is 29.5 Å². The molecule has 33 heavy (non-hydrogen) atoms. The zero-order chi connectivity index (χ0) is 23.8. The molecule has 0 spiro atoms. The van der Waals surface area contributed by atoms with Gasteiger partial charge in [0.2, 0.25) is 0 Å². The van der Waals surface area contributed by atoms with E-state index in [1.807, 2.05) is 36.4 Å². The highest BCUT2D eigenvalue weighted by molar-refractivity contribution is 7.99. The molecule has 5 atom stereocenters. The number of rotatable bonds is 10. The normalized spacial score (nSPS) is 25.5. The number of ether oxygens (including phenoxy) is 3. The molecule has 0 unspecified atom stereocenters. The lowest BCUT2D eigenvalue weighted by Crippen LogP contribution is -2.59. The van der Waals surface area contributed by atoms with E-state index in [0.29, 0.717) is 12.2 Å². The topological polar surface area (TPSA) is 85.2 Å². The fraction of sp³-hybridized carbons (Fsp3) is 0.480. The lowest BCUT2D eigenvalue weighted by molar-refractivity contribution is -0.210. The van der Waals surface area contributed by atoms with Gasteiger partial charge in [0, 0.05) is 8.07 Å². The summed E-state index contributed by atoms with van der Waals surface area (Å²) in [6.07, 6.45) is -4.21. The molecule has 1 heterocycles. The van der Waals surface area contributed by atoms with Gasteiger partial charge in [-0.3, -0.25) is 0 Å². The van der Waals surface area contributed by atoms with Gasteiger partial charge < -0.3 is 24.4 Å². The third-order valence-electron chi connectivity index (χ3n) is 5.43. The molecule has 1 saturated heterocycles. The maximum absolute atomic E-state index is 12.7. The van der Waals surface area contributed by atoms with E-state index < -0.39 is 43.9 Å². The number of thioether (sulfide) groups is 1. The van der Waals surface area contributed by atoms with Crippen molar-refractivity contribution < 1.29 is 29.2 Å². The highest BCUT2D eigenvalue weighted by Gasteiger charge is 2.47. The van der Waals surface area contributed by atoms with Crippen molar-refractivity contribution in [2.45, 2.75) is 62.1 Å². The molecule has 0 amide bonds. The Morgan fingerprint density at radius 2 is 1.64 bits per heavy atom. The van der Waals surface area contributed by atoms with E-state index in [0.717, 1.165) is 17.4 Å². The average molecular weight is 491 g/mol. The minimum atomic E-state index is -1.28. The van der Waals surface area contributed by atoms with Gasteiger partial charge in [-0.1, -0.05) is 68.2 Å². The highest BCUT2D eigenvalue weighted by atomic mass is 32.2. The Labute approximate surface area is 201 Å². The molecule has 3 rings (SSSR count). The third-order valence-corrected chi connectivity index (χ3v) is 8.69. The number of carbonyl (C=O) groups excluding carboxylic acids is 1. The van der Waals surface area contributed by atoms with Crippen LogP contribution < -0.4 is 0 Å². The summed E-state index contributed by atoms with van der Waals surface area (Å²) >= 11 is 1.52. The molecular formula is C25H34O6SSi. The van der Waals surface area contributed by atoms with Gasteiger partial charge in [0.15, 0.2) is 6.10 Å². The molecule has 0 radical (unpaired) electrons. The summed E-state index contributed by atoms with van der Waals surface area (Å²) in [5, 5.41) is 21.6. The predicted molar refractivity (Wildman–Crippen MR) is 133 cm³/mol. The quantitative estimate of drug-likeness (QED) is 0.385. The second-order valence-electron chi connectivity index (χ2n) is 9.44. The van der Waals surface area contributed by atoms with Crippen LogP contribution in [0.15, 0.2) is 60.7 Å². The fourth-order valence-electron chi connectivity index (χ4n) is 3.42. The number of hydrogen-bond donors (Lipinski definition) is 2. The van der Waals surface area contributed by atoms with Crippen molar-refractivity contribution in [1.82, 2.24) is 0 Å². The van der Waals surface area contributed by atoms with Gasteiger partial charge in [-0.2, -0.15) is 0 Å². The van der Waals surface area contributed by atoms with Crippen LogP contribution in [0.1, 0.15) is 15.9 Å². The van der Waals surface area contributed by atoms with Crippen LogP contribution >= 0.6 is 11.8 Å². The molecular weight excluding hydrogens is 456 g/mol. The number of aliphatic hydroxyl groups excluding tert-OH is 2. The van der Waals surface area contributed by atoms with E-state index in [9.17, 15) is 15.0 Å². The number of hydrogen-bond acceptors (Lipinski definition) is 7. The second kappa shape index (κ2) is 12.1. The molecule has 1 aliphatic heterocycles. The van der Waals surface area contributed by atoms with E-state index in [4.69, 9.17) is 14.2 Å². The summed E-state index contributed by atoms with van der Waals surface area (Å²) in [5.74, 6) is 0.269. The Bertz CT molecular complexity index is 860. The summed E-state index contributed by atoms with van der Waals surface area (Å²) in [4.78, 5) is 12.7. The Kier molecular flexibility index (Phi) is 9.54. The van der Waals surface area contributed by atoms with Gasteiger partial charge >= 0.3 is 5.97 Å². The smallest absolute Gasteiger partial charge is 0.338 e. The van der Waals surface area contributed by atoms with E-state index in [2.05, 4.69) is 19.6 Å². The Morgan fingerprint density at radius 3 is 2.27 bits per heavy atom. The standard InChI is InChI=1S/C25H34O6SSi/c1-33(2,3)15-14-32-25-23(31-24(28)19-12-8-5-9-13-19)22(27)21(26)20(30-25)17-29-16-18-10-6-4-7-11-18/h4-13,20-23,25-27H,14-17H2,1-3H3/t20-,21+,22+,23-,25+/m1/s1. The molecule has 6 nitrogen and oxygen atoms in total. The molecule has 0 saturated carbocycles. The van der Waals surface area contributed by atoms with Crippen LogP contribution in [0.25, 0.3) is 0 Å². The van der Waals surface area contributed by atoms with Gasteiger partial charge in [0.05, 0.1) is 18.8 Å². The Hall–Kier alpha value is -1.68. The van der Waals surface area contributed by atoms with Gasteiger partial charge in [-0.25, -0.2) is 4.79 Å². The van der Waals surface area contributed by atoms with Crippen LogP contribution in [0.4, 0.5) is 0 Å². The van der Waals surface area contributed by atoms with E-state index in [-0.39, 0.29) is 6.61 Å². The summed E-state index contributed by atoms with van der Waals surface area (Å²) < 4.78 is 17.6. The van der Waals surface area contributed by atoms with E-state index in [1.54, 1.807) is 24.3 Å². The molecule has 2 aromatic carbocycles. The lowest BCUT2D eigenvalue weighted by Gasteiger charge is -2.42. The van der Waals surface area contributed by atoms with Crippen LogP contribution in [0.2, 0.25) is 25.7 Å². The first kappa shape index (κ1) is 25.9. The number of aliphatic hydroxyl groups is 2. The molecule has 1 aliphatic rings. The van der Waals surface area contributed by atoms with Crippen LogP contribution in [-0.4, -0.2) is 66.5 Å². The van der Waals surface area contributed by atoms with Crippen LogP contribution in [0.3, 0.4) is 0 Å². The van der Waals surface area contributed by atoms with E-state index >= 15 is 0 Å². The number of carbonyl (C=O) groups is 1. The van der Waals surface area contributed by atoms with Crippen molar-refractivity contribution in [2.24, 2.45) is 0 Å². The summed E-state index contributed by atoms with van der Waals surface area (Å²) in [6.45, 7) is 7.38. The maximum Gasteiger partial charge on any atom is 0.338 e. The molecule has 2 aromatic rings. The Balaban J connectivity index is 1.66. The molecule has 2 N–H and O–H groups in total. The van der Waals surface area contributed by atoms with Crippen LogP contribution in [0, 0.1) is 0 Å². The SMILES string of the molecule is C[Si](C)(C)CCS[C@@H]1O[C@H](COCc2ccccc2)[C@H](O)[C@H](O)[C@H]1OC(=O)c1ccccc1. The Morgan fingerprint density at radius 1 is 1.00 bits per heavy atom. The van der Waals surface area contributed by atoms with Gasteiger partial charge in [0.1, 0.15) is 23.7 Å². The summed E-state index contributed by atoms with van der Waals surface area (Å²) in [5.41, 5.74) is 0.801. The number of esters is 1. The van der Waals surface area contributed by atoms with Crippen molar-refractivity contribution in [3.63, 3.8) is 0 Å². The van der Waals surface area contributed by atoms with E-state index in [1.165, 1.54) is 11.8 Å². The van der Waals surface area contributed by atoms with Crippen molar-refractivity contribution in [1.29, 1.82) is 0 Å². The van der Waals surface area contributed by atoms with Crippen LogP contribution in [-0.2, 0) is 20.8 Å². The largest absolute Gasteiger partial charge is 0.452 e. The molecule has 1 fully saturated rings. The minimum Gasteiger partial charge on any atom is -0.452 e. The van der Waals surface area contributed by atoms with Crippen molar-refractivity contribution in [3.8, 4) is 0 Å². The first-order valence-electron chi connectivity index (χ1n) is 11.3. The number of benzene rings is 2. The third kappa shape index (κ3) is 7.94. The predicted octanol–water partition coefficient (Wildman–Crippen LogP) is 3.95. The van der Waals surface area contributed by atoms with Crippen LogP contribution in [0.5, 0.6) is 0 Å². The van der Waals surface area contributed by atoms with Crippen molar-refractivity contribution in [3.05, 3.63) is 71.8 Å². The molecule has 0 aromatic heterocycles. The van der Waals surface area contributed by atoms with Crippen molar-refractivity contribution in [2.75, 3.05) is 12.4 Å². The molecule has 180 valence electrons. The van der Waals surface area contributed by atoms with Gasteiger partial charge in [-0.15, -0.1) is 11.8 Å². The molecule has 8 heteroatoms. The second-order valence-corrected chi connectivity index (χ2v) is 16.3. The van der Waals surface area contributed by atoms with Crippen molar-refractivity contribution >= 4 is 25.8 Å². The summed E-state index contributed by atoms with van der Waals surface area (Å²) in [6, 6.07) is 19.4. The summed E-state index contributed by atoms with van der Waals surface area (Å²) in [7, 11) is -1.28. The first-order chi connectivity index (χ1) is 15.7. The monoisotopic (exact) mass is 490 g/mol. The minimum absolute atomic E-state index is 0.123. The molecule has 0 bridgehead atoms. The lowest BCUT2D eigenvalue weighted by atomic mass is 10.00. The van der Waals surface area contributed by atoms with Gasteiger partial charge in [0.25, 0.3) is 0 Å². The molecule has 0 aliphatic carbocycles. The average Bonchev–Trinajstić information content (AvgIpc) is 2.79. The highest BCUT2D eigenvalue weighted by Crippen LogP contribution is 2.32. The fourth-order valence-corrected chi connectivity index (χ4v) is 7.20. The zero-order valence-corrected chi connectivity index (χ0v) is 21.2. The zero-order valence-electron chi connectivity index (χ0n) is 19.4.